The summed E-state index contributed by atoms with van der Waals surface area (Å²) in [6, 6.07) is 0. The summed E-state index contributed by atoms with van der Waals surface area (Å²) in [5.41, 5.74) is 2.28. The molecule has 1 aliphatic carbocycles. The molecule has 0 spiro atoms. The number of nitrogens with zero attached hydrogens (tertiary/aromatic N) is 2. The van der Waals surface area contributed by atoms with Gasteiger partial charge in [0, 0.05) is 19.6 Å². The minimum absolute atomic E-state index is 0.511. The molecule has 0 radical (unpaired) electrons. The van der Waals surface area contributed by atoms with Crippen molar-refractivity contribution in [3.05, 3.63) is 15.9 Å². The number of aryl methyl sites for hydroxylation is 2. The van der Waals surface area contributed by atoms with E-state index in [1.54, 1.807) is 0 Å². The van der Waals surface area contributed by atoms with Crippen molar-refractivity contribution >= 4 is 15.9 Å². The van der Waals surface area contributed by atoms with Crippen LogP contribution in [0.3, 0.4) is 0 Å². The summed E-state index contributed by atoms with van der Waals surface area (Å²) in [6.07, 6.45) is 5.66. The van der Waals surface area contributed by atoms with Crippen LogP contribution in [-0.2, 0) is 17.8 Å². The highest BCUT2D eigenvalue weighted by Gasteiger charge is 2.15. The Balaban J connectivity index is 1.70. The van der Waals surface area contributed by atoms with Gasteiger partial charge in [-0.1, -0.05) is 12.8 Å². The first-order valence-corrected chi connectivity index (χ1v) is 8.05. The number of halogens is 1. The number of aromatic nitrogens is 2. The monoisotopic (exact) mass is 329 g/mol. The van der Waals surface area contributed by atoms with E-state index in [4.69, 9.17) is 4.74 Å². The summed E-state index contributed by atoms with van der Waals surface area (Å²) in [4.78, 5) is 0. The van der Waals surface area contributed by atoms with Crippen molar-refractivity contribution in [2.75, 3.05) is 13.2 Å². The zero-order chi connectivity index (χ0) is 13.7. The molecule has 1 fully saturated rings. The molecule has 1 N–H and O–H groups in total. The Kier molecular flexibility index (Phi) is 5.85. The third-order valence-corrected chi connectivity index (χ3v) is 4.71. The van der Waals surface area contributed by atoms with Gasteiger partial charge in [0.05, 0.1) is 28.6 Å². The molecule has 1 heterocycles. The normalized spacial score (nSPS) is 16.4. The van der Waals surface area contributed by atoms with Crippen molar-refractivity contribution in [1.29, 1.82) is 0 Å². The third-order valence-electron chi connectivity index (χ3n) is 3.68. The predicted octanol–water partition coefficient (Wildman–Crippen LogP) is 3.02. The molecule has 5 heteroatoms. The second kappa shape index (κ2) is 7.41. The molecule has 0 aliphatic heterocycles. The maximum Gasteiger partial charge on any atom is 0.0739 e. The van der Waals surface area contributed by atoms with Crippen LogP contribution in [0.4, 0.5) is 0 Å². The molecular formula is C14H24BrN3O. The number of rotatable bonds is 7. The molecule has 0 atom stereocenters. The van der Waals surface area contributed by atoms with Crippen LogP contribution in [0.5, 0.6) is 0 Å². The lowest BCUT2D eigenvalue weighted by atomic mass is 10.3. The lowest BCUT2D eigenvalue weighted by Gasteiger charge is -2.12. The van der Waals surface area contributed by atoms with Gasteiger partial charge in [0.25, 0.3) is 0 Å². The van der Waals surface area contributed by atoms with Gasteiger partial charge in [0.2, 0.25) is 0 Å². The smallest absolute Gasteiger partial charge is 0.0739 e. The van der Waals surface area contributed by atoms with Crippen LogP contribution in [0, 0.1) is 6.92 Å². The number of hydrogen-bond donors (Lipinski definition) is 1. The van der Waals surface area contributed by atoms with Crippen LogP contribution in [-0.4, -0.2) is 29.0 Å². The van der Waals surface area contributed by atoms with E-state index in [2.05, 4.69) is 33.3 Å². The first kappa shape index (κ1) is 15.0. The van der Waals surface area contributed by atoms with Crippen LogP contribution in [0.2, 0.25) is 0 Å². The molecule has 1 saturated carbocycles. The summed E-state index contributed by atoms with van der Waals surface area (Å²) in [5, 5.41) is 7.93. The Labute approximate surface area is 124 Å². The van der Waals surface area contributed by atoms with E-state index in [1.165, 1.54) is 31.4 Å². The van der Waals surface area contributed by atoms with Gasteiger partial charge in [-0.05, 0) is 42.6 Å². The van der Waals surface area contributed by atoms with Crippen LogP contribution in [0.15, 0.2) is 4.47 Å². The van der Waals surface area contributed by atoms with Crippen molar-refractivity contribution in [2.24, 2.45) is 0 Å². The second-order valence-electron chi connectivity index (χ2n) is 5.12. The van der Waals surface area contributed by atoms with Gasteiger partial charge >= 0.3 is 0 Å². The number of nitrogens with one attached hydrogen (secondary N) is 1. The summed E-state index contributed by atoms with van der Waals surface area (Å²) in [7, 11) is 0. The Bertz CT molecular complexity index is 400. The highest BCUT2D eigenvalue weighted by molar-refractivity contribution is 9.10. The summed E-state index contributed by atoms with van der Waals surface area (Å²) >= 11 is 3.61. The fourth-order valence-corrected chi connectivity index (χ4v) is 3.02. The Morgan fingerprint density at radius 2 is 2.16 bits per heavy atom. The van der Waals surface area contributed by atoms with Crippen molar-refractivity contribution in [2.45, 2.75) is 58.7 Å². The molecule has 0 saturated heterocycles. The van der Waals surface area contributed by atoms with Crippen LogP contribution < -0.4 is 5.32 Å². The summed E-state index contributed by atoms with van der Waals surface area (Å²) < 4.78 is 9.01. The lowest BCUT2D eigenvalue weighted by Crippen LogP contribution is -2.23. The molecule has 1 aromatic heterocycles. The highest BCUT2D eigenvalue weighted by Crippen LogP contribution is 2.21. The molecule has 108 valence electrons. The van der Waals surface area contributed by atoms with E-state index in [0.717, 1.165) is 36.4 Å². The fourth-order valence-electron chi connectivity index (χ4n) is 2.60. The van der Waals surface area contributed by atoms with E-state index in [9.17, 15) is 0 Å². The lowest BCUT2D eigenvalue weighted by molar-refractivity contribution is 0.0602. The van der Waals surface area contributed by atoms with Crippen molar-refractivity contribution in [3.8, 4) is 0 Å². The SMILES string of the molecule is CCn1nc(C)c(Br)c1CNCCOC1CCCC1. The Morgan fingerprint density at radius 1 is 1.42 bits per heavy atom. The molecule has 1 aromatic rings. The molecule has 0 aromatic carbocycles. The van der Waals surface area contributed by atoms with Gasteiger partial charge < -0.3 is 10.1 Å². The van der Waals surface area contributed by atoms with E-state index in [1.807, 2.05) is 11.6 Å². The standard InChI is InChI=1S/C14H24BrN3O/c1-3-18-13(14(15)11(2)17-18)10-16-8-9-19-12-6-4-5-7-12/h12,16H,3-10H2,1-2H3. The molecule has 0 amide bonds. The number of ether oxygens (including phenoxy) is 1. The van der Waals surface area contributed by atoms with Gasteiger partial charge in [0.15, 0.2) is 0 Å². The minimum atomic E-state index is 0.511. The Morgan fingerprint density at radius 3 is 2.84 bits per heavy atom. The van der Waals surface area contributed by atoms with E-state index >= 15 is 0 Å². The maximum atomic E-state index is 5.84. The quantitative estimate of drug-likeness (QED) is 0.781. The largest absolute Gasteiger partial charge is 0.377 e. The van der Waals surface area contributed by atoms with Crippen LogP contribution >= 0.6 is 15.9 Å². The second-order valence-corrected chi connectivity index (χ2v) is 5.91. The molecule has 0 unspecified atom stereocenters. The summed E-state index contributed by atoms with van der Waals surface area (Å²) in [5.74, 6) is 0. The first-order chi connectivity index (χ1) is 9.22. The summed E-state index contributed by atoms with van der Waals surface area (Å²) in [6.45, 7) is 7.60. The van der Waals surface area contributed by atoms with Crippen LogP contribution in [0.1, 0.15) is 44.0 Å². The predicted molar refractivity (Wildman–Crippen MR) is 80.3 cm³/mol. The first-order valence-electron chi connectivity index (χ1n) is 7.26. The molecule has 4 nitrogen and oxygen atoms in total. The Hall–Kier alpha value is -0.390. The van der Waals surface area contributed by atoms with Crippen molar-refractivity contribution < 1.29 is 4.74 Å². The van der Waals surface area contributed by atoms with Crippen LogP contribution in [0.25, 0.3) is 0 Å². The van der Waals surface area contributed by atoms with Crippen molar-refractivity contribution in [3.63, 3.8) is 0 Å². The molecule has 19 heavy (non-hydrogen) atoms. The highest BCUT2D eigenvalue weighted by atomic mass is 79.9. The topological polar surface area (TPSA) is 39.1 Å². The van der Waals surface area contributed by atoms with E-state index < -0.39 is 0 Å². The van der Waals surface area contributed by atoms with Gasteiger partial charge in [-0.2, -0.15) is 5.10 Å². The zero-order valence-corrected chi connectivity index (χ0v) is 13.5. The molecule has 1 aliphatic rings. The van der Waals surface area contributed by atoms with Gasteiger partial charge in [-0.3, -0.25) is 4.68 Å². The minimum Gasteiger partial charge on any atom is -0.377 e. The average molecular weight is 330 g/mol. The fraction of sp³-hybridized carbons (Fsp3) is 0.786. The zero-order valence-electron chi connectivity index (χ0n) is 11.9. The van der Waals surface area contributed by atoms with E-state index in [-0.39, 0.29) is 0 Å². The van der Waals surface area contributed by atoms with Crippen molar-refractivity contribution in [1.82, 2.24) is 15.1 Å². The maximum absolute atomic E-state index is 5.84. The molecular weight excluding hydrogens is 306 g/mol. The average Bonchev–Trinajstić information content (AvgIpc) is 3.01. The van der Waals surface area contributed by atoms with Gasteiger partial charge in [0.1, 0.15) is 0 Å². The van der Waals surface area contributed by atoms with E-state index in [0.29, 0.717) is 6.10 Å². The molecule has 2 rings (SSSR count). The number of hydrogen-bond acceptors (Lipinski definition) is 3. The van der Waals surface area contributed by atoms with Gasteiger partial charge in [-0.15, -0.1) is 0 Å². The van der Waals surface area contributed by atoms with Gasteiger partial charge in [-0.25, -0.2) is 0 Å². The third kappa shape index (κ3) is 4.04. The molecule has 0 bridgehead atoms.